The van der Waals surface area contributed by atoms with Crippen molar-refractivity contribution in [3.8, 4) is 0 Å². The Hall–Kier alpha value is -1.82. The molecule has 2 heterocycles. The number of hydrogen-bond donors (Lipinski definition) is 1. The summed E-state index contributed by atoms with van der Waals surface area (Å²) in [6, 6.07) is 3.76. The first kappa shape index (κ1) is 17.5. The van der Waals surface area contributed by atoms with Crippen molar-refractivity contribution in [1.29, 1.82) is 0 Å². The zero-order valence-electron chi connectivity index (χ0n) is 14.1. The third-order valence-corrected chi connectivity index (χ3v) is 4.27. The van der Waals surface area contributed by atoms with Gasteiger partial charge < -0.3 is 14.6 Å². The maximum Gasteiger partial charge on any atom is 0.222 e. The SMILES string of the molecule is CN(C)C(CNC(=O)CCN1CCCCCC1=O)c1ccco1. The molecule has 0 aliphatic carbocycles. The second-order valence-electron chi connectivity index (χ2n) is 6.24. The van der Waals surface area contributed by atoms with Gasteiger partial charge in [-0.05, 0) is 39.1 Å². The number of nitrogens with one attached hydrogen (secondary N) is 1. The molecule has 128 valence electrons. The highest BCUT2D eigenvalue weighted by Crippen LogP contribution is 2.17. The van der Waals surface area contributed by atoms with Gasteiger partial charge in [0.2, 0.25) is 11.8 Å². The standard InChI is InChI=1S/C17H27N3O3/c1-19(2)14(15-7-6-12-23-15)13-18-16(21)9-11-20-10-5-3-4-8-17(20)22/h6-7,12,14H,3-5,8-11,13H2,1-2H3,(H,18,21). The summed E-state index contributed by atoms with van der Waals surface area (Å²) in [6.45, 7) is 1.78. The minimum atomic E-state index is -0.0274. The third kappa shape index (κ3) is 5.39. The number of likely N-dealkylation sites (N-methyl/N-ethyl adjacent to an activating group) is 1. The molecule has 1 aromatic heterocycles. The van der Waals surface area contributed by atoms with Crippen LogP contribution < -0.4 is 5.32 Å². The average Bonchev–Trinajstić information content (AvgIpc) is 2.95. The van der Waals surface area contributed by atoms with E-state index in [0.29, 0.717) is 25.9 Å². The zero-order valence-corrected chi connectivity index (χ0v) is 14.1. The lowest BCUT2D eigenvalue weighted by Crippen LogP contribution is -2.37. The van der Waals surface area contributed by atoms with Crippen molar-refractivity contribution in [3.63, 3.8) is 0 Å². The Morgan fingerprint density at radius 2 is 2.22 bits per heavy atom. The first-order valence-electron chi connectivity index (χ1n) is 8.32. The van der Waals surface area contributed by atoms with Gasteiger partial charge in [-0.2, -0.15) is 0 Å². The molecule has 1 atom stereocenters. The van der Waals surface area contributed by atoms with Crippen LogP contribution in [0, 0.1) is 0 Å². The first-order valence-corrected chi connectivity index (χ1v) is 8.32. The van der Waals surface area contributed by atoms with Gasteiger partial charge >= 0.3 is 0 Å². The maximum absolute atomic E-state index is 12.1. The van der Waals surface area contributed by atoms with Crippen LogP contribution in [-0.2, 0) is 9.59 Å². The molecule has 1 saturated heterocycles. The van der Waals surface area contributed by atoms with Crippen LogP contribution in [0.15, 0.2) is 22.8 Å². The number of nitrogens with zero attached hydrogens (tertiary/aromatic N) is 2. The number of carbonyl (C=O) groups is 2. The van der Waals surface area contributed by atoms with E-state index in [1.54, 1.807) is 6.26 Å². The summed E-state index contributed by atoms with van der Waals surface area (Å²) in [4.78, 5) is 27.8. The summed E-state index contributed by atoms with van der Waals surface area (Å²) in [6.07, 6.45) is 5.71. The van der Waals surface area contributed by atoms with Crippen LogP contribution in [0.5, 0.6) is 0 Å². The Morgan fingerprint density at radius 1 is 1.39 bits per heavy atom. The highest BCUT2D eigenvalue weighted by molar-refractivity contribution is 5.79. The monoisotopic (exact) mass is 321 g/mol. The van der Waals surface area contributed by atoms with E-state index in [-0.39, 0.29) is 17.9 Å². The number of rotatable bonds is 7. The summed E-state index contributed by atoms with van der Waals surface area (Å²) < 4.78 is 5.43. The number of carbonyl (C=O) groups excluding carboxylic acids is 2. The van der Waals surface area contributed by atoms with Crippen molar-refractivity contribution in [2.45, 2.75) is 38.1 Å². The molecule has 1 aliphatic rings. The van der Waals surface area contributed by atoms with Crippen LogP contribution in [0.4, 0.5) is 0 Å². The van der Waals surface area contributed by atoms with Crippen molar-refractivity contribution < 1.29 is 14.0 Å². The van der Waals surface area contributed by atoms with E-state index in [1.165, 1.54) is 0 Å². The van der Waals surface area contributed by atoms with Gasteiger partial charge in [0.05, 0.1) is 12.3 Å². The number of hydrogen-bond acceptors (Lipinski definition) is 4. The van der Waals surface area contributed by atoms with E-state index in [2.05, 4.69) is 5.32 Å². The van der Waals surface area contributed by atoms with Gasteiger partial charge in [-0.15, -0.1) is 0 Å². The topological polar surface area (TPSA) is 65.8 Å². The van der Waals surface area contributed by atoms with E-state index >= 15 is 0 Å². The Kier molecular flexibility index (Phi) is 6.65. The molecule has 1 N–H and O–H groups in total. The second-order valence-corrected chi connectivity index (χ2v) is 6.24. The molecule has 23 heavy (non-hydrogen) atoms. The lowest BCUT2D eigenvalue weighted by Gasteiger charge is -2.23. The fourth-order valence-corrected chi connectivity index (χ4v) is 2.83. The molecule has 6 nitrogen and oxygen atoms in total. The third-order valence-electron chi connectivity index (χ3n) is 4.27. The van der Waals surface area contributed by atoms with E-state index in [4.69, 9.17) is 4.42 Å². The van der Waals surface area contributed by atoms with Crippen molar-refractivity contribution >= 4 is 11.8 Å². The van der Waals surface area contributed by atoms with E-state index in [0.717, 1.165) is 31.6 Å². The Bertz CT molecular complexity index is 499. The zero-order chi connectivity index (χ0) is 16.7. The fourth-order valence-electron chi connectivity index (χ4n) is 2.83. The largest absolute Gasteiger partial charge is 0.468 e. The van der Waals surface area contributed by atoms with Gasteiger partial charge in [0, 0.05) is 32.5 Å². The van der Waals surface area contributed by atoms with Gasteiger partial charge in [-0.3, -0.25) is 14.5 Å². The average molecular weight is 321 g/mol. The summed E-state index contributed by atoms with van der Waals surface area (Å²) in [5.41, 5.74) is 0. The number of amides is 2. The summed E-state index contributed by atoms with van der Waals surface area (Å²) in [5.74, 6) is 0.982. The Labute approximate surface area is 137 Å². The van der Waals surface area contributed by atoms with Gasteiger partial charge in [0.15, 0.2) is 0 Å². The van der Waals surface area contributed by atoms with Crippen LogP contribution in [-0.4, -0.2) is 55.3 Å². The van der Waals surface area contributed by atoms with Crippen molar-refractivity contribution in [2.24, 2.45) is 0 Å². The minimum Gasteiger partial charge on any atom is -0.468 e. The van der Waals surface area contributed by atoms with Crippen LogP contribution >= 0.6 is 0 Å². The first-order chi connectivity index (χ1) is 11.1. The summed E-state index contributed by atoms with van der Waals surface area (Å²) in [7, 11) is 3.91. The van der Waals surface area contributed by atoms with Crippen LogP contribution in [0.25, 0.3) is 0 Å². The molecule has 2 amide bonds. The highest BCUT2D eigenvalue weighted by atomic mass is 16.3. The molecule has 0 spiro atoms. The molecule has 1 aliphatic heterocycles. The molecule has 1 unspecified atom stereocenters. The van der Waals surface area contributed by atoms with Crippen LogP contribution in [0.3, 0.4) is 0 Å². The molecule has 6 heteroatoms. The minimum absolute atomic E-state index is 0.00812. The predicted octanol–water partition coefficient (Wildman–Crippen LogP) is 1.79. The number of likely N-dealkylation sites (tertiary alicyclic amines) is 1. The molecule has 2 rings (SSSR count). The fraction of sp³-hybridized carbons (Fsp3) is 0.647. The van der Waals surface area contributed by atoms with E-state index in [9.17, 15) is 9.59 Å². The predicted molar refractivity (Wildman–Crippen MR) is 87.8 cm³/mol. The Balaban J connectivity index is 1.76. The quantitative estimate of drug-likeness (QED) is 0.831. The van der Waals surface area contributed by atoms with E-state index < -0.39 is 0 Å². The van der Waals surface area contributed by atoms with Crippen molar-refractivity contribution in [3.05, 3.63) is 24.2 Å². The lowest BCUT2D eigenvalue weighted by atomic mass is 10.2. The molecular weight excluding hydrogens is 294 g/mol. The van der Waals surface area contributed by atoms with Gasteiger partial charge in [-0.1, -0.05) is 6.42 Å². The van der Waals surface area contributed by atoms with E-state index in [1.807, 2.05) is 36.0 Å². The molecule has 1 aromatic rings. The number of furan rings is 1. The molecule has 0 radical (unpaired) electrons. The molecule has 1 fully saturated rings. The van der Waals surface area contributed by atoms with Gasteiger partial charge in [0.25, 0.3) is 0 Å². The van der Waals surface area contributed by atoms with Crippen molar-refractivity contribution in [2.75, 3.05) is 33.7 Å². The highest BCUT2D eigenvalue weighted by Gasteiger charge is 2.19. The Morgan fingerprint density at radius 3 is 2.91 bits per heavy atom. The smallest absolute Gasteiger partial charge is 0.222 e. The second kappa shape index (κ2) is 8.72. The molecule has 0 bridgehead atoms. The van der Waals surface area contributed by atoms with Gasteiger partial charge in [0.1, 0.15) is 5.76 Å². The summed E-state index contributed by atoms with van der Waals surface area (Å²) >= 11 is 0. The van der Waals surface area contributed by atoms with Crippen LogP contribution in [0.1, 0.15) is 43.9 Å². The molecular formula is C17H27N3O3. The van der Waals surface area contributed by atoms with Gasteiger partial charge in [-0.25, -0.2) is 0 Å². The van der Waals surface area contributed by atoms with Crippen molar-refractivity contribution in [1.82, 2.24) is 15.1 Å². The normalized spacial score (nSPS) is 17.2. The van der Waals surface area contributed by atoms with Crippen LogP contribution in [0.2, 0.25) is 0 Å². The molecule has 0 aromatic carbocycles. The summed E-state index contributed by atoms with van der Waals surface area (Å²) in [5, 5.41) is 2.94. The molecule has 0 saturated carbocycles. The lowest BCUT2D eigenvalue weighted by molar-refractivity contribution is -0.131. The maximum atomic E-state index is 12.1.